The molecule has 2 rings (SSSR count). The van der Waals surface area contributed by atoms with Gasteiger partial charge in [0.05, 0.1) is 5.56 Å². The molecule has 3 N–H and O–H groups in total. The first-order valence-corrected chi connectivity index (χ1v) is 6.79. The van der Waals surface area contributed by atoms with Crippen molar-refractivity contribution < 1.29 is 13.2 Å². The summed E-state index contributed by atoms with van der Waals surface area (Å²) in [6, 6.07) is 3.89. The first-order chi connectivity index (χ1) is 9.92. The Morgan fingerprint density at radius 1 is 1.24 bits per heavy atom. The van der Waals surface area contributed by atoms with Crippen LogP contribution >= 0.6 is 11.8 Å². The zero-order valence-electron chi connectivity index (χ0n) is 11.0. The maximum Gasteiger partial charge on any atom is 0.417 e. The van der Waals surface area contributed by atoms with E-state index in [1.165, 1.54) is 6.07 Å². The number of nitrogen functional groups attached to an aromatic ring is 1. The van der Waals surface area contributed by atoms with E-state index in [2.05, 4.69) is 20.4 Å². The summed E-state index contributed by atoms with van der Waals surface area (Å²) in [6.45, 7) is 1.89. The second kappa shape index (κ2) is 6.27. The highest BCUT2D eigenvalue weighted by Crippen LogP contribution is 2.31. The number of nitrogens with zero attached hydrogens (tertiary/aromatic N) is 3. The van der Waals surface area contributed by atoms with E-state index in [1.807, 2.05) is 6.92 Å². The van der Waals surface area contributed by atoms with Crippen molar-refractivity contribution in [1.29, 1.82) is 0 Å². The lowest BCUT2D eigenvalue weighted by molar-refractivity contribution is -0.137. The minimum atomic E-state index is -4.39. The standard InChI is InChI=1S/C12H12F3N5S/c1-2-8-18-9(20-16)5-11(19-8)21-10-4-3-7(6-17-10)12(13,14)15/h3-6H,2,16H2,1H3,(H,18,19,20). The van der Waals surface area contributed by atoms with E-state index in [-0.39, 0.29) is 0 Å². The van der Waals surface area contributed by atoms with Crippen molar-refractivity contribution in [3.8, 4) is 0 Å². The fourth-order valence-electron chi connectivity index (χ4n) is 1.47. The molecule has 0 fully saturated rings. The molecule has 0 spiro atoms. The first kappa shape index (κ1) is 15.5. The Balaban J connectivity index is 2.22. The molecule has 0 saturated heterocycles. The van der Waals surface area contributed by atoms with Crippen LogP contribution in [0.5, 0.6) is 0 Å². The minimum Gasteiger partial charge on any atom is -0.308 e. The molecule has 0 bridgehead atoms. The van der Waals surface area contributed by atoms with Crippen LogP contribution in [-0.4, -0.2) is 15.0 Å². The zero-order chi connectivity index (χ0) is 15.5. The summed E-state index contributed by atoms with van der Waals surface area (Å²) >= 11 is 1.14. The number of aryl methyl sites for hydroxylation is 1. The van der Waals surface area contributed by atoms with Gasteiger partial charge in [0.15, 0.2) is 0 Å². The van der Waals surface area contributed by atoms with Gasteiger partial charge in [0, 0.05) is 18.7 Å². The van der Waals surface area contributed by atoms with Crippen LogP contribution in [0.25, 0.3) is 0 Å². The smallest absolute Gasteiger partial charge is 0.308 e. The highest BCUT2D eigenvalue weighted by Gasteiger charge is 2.30. The number of nitrogens with two attached hydrogens (primary N) is 1. The molecule has 5 nitrogen and oxygen atoms in total. The molecule has 0 unspecified atom stereocenters. The molecule has 2 aromatic rings. The fourth-order valence-corrected chi connectivity index (χ4v) is 2.25. The number of hydrogen-bond donors (Lipinski definition) is 2. The van der Waals surface area contributed by atoms with Crippen LogP contribution in [-0.2, 0) is 12.6 Å². The van der Waals surface area contributed by atoms with Crippen molar-refractivity contribution in [2.24, 2.45) is 5.84 Å². The number of aromatic nitrogens is 3. The largest absolute Gasteiger partial charge is 0.417 e. The van der Waals surface area contributed by atoms with Crippen molar-refractivity contribution in [1.82, 2.24) is 15.0 Å². The van der Waals surface area contributed by atoms with Gasteiger partial charge in [-0.25, -0.2) is 20.8 Å². The van der Waals surface area contributed by atoms with E-state index >= 15 is 0 Å². The van der Waals surface area contributed by atoms with Gasteiger partial charge in [-0.3, -0.25) is 0 Å². The van der Waals surface area contributed by atoms with E-state index in [9.17, 15) is 13.2 Å². The van der Waals surface area contributed by atoms with Crippen molar-refractivity contribution in [2.45, 2.75) is 29.6 Å². The van der Waals surface area contributed by atoms with E-state index in [0.717, 1.165) is 24.0 Å². The van der Waals surface area contributed by atoms with Crippen LogP contribution in [0.4, 0.5) is 19.0 Å². The lowest BCUT2D eigenvalue weighted by Crippen LogP contribution is -2.10. The summed E-state index contributed by atoms with van der Waals surface area (Å²) in [5.74, 6) is 6.34. The molecule has 21 heavy (non-hydrogen) atoms. The van der Waals surface area contributed by atoms with E-state index < -0.39 is 11.7 Å². The topological polar surface area (TPSA) is 76.7 Å². The Bertz CT molecular complexity index is 593. The lowest BCUT2D eigenvalue weighted by Gasteiger charge is -2.08. The van der Waals surface area contributed by atoms with Gasteiger partial charge in [0.2, 0.25) is 0 Å². The highest BCUT2D eigenvalue weighted by atomic mass is 32.2. The Morgan fingerprint density at radius 3 is 2.52 bits per heavy atom. The Labute approximate surface area is 123 Å². The molecule has 2 aromatic heterocycles. The second-order valence-corrected chi connectivity index (χ2v) is 5.03. The summed E-state index contributed by atoms with van der Waals surface area (Å²) in [4.78, 5) is 12.2. The Morgan fingerprint density at radius 2 is 2.00 bits per heavy atom. The summed E-state index contributed by atoms with van der Waals surface area (Å²) < 4.78 is 37.4. The van der Waals surface area contributed by atoms with Gasteiger partial charge in [-0.2, -0.15) is 13.2 Å². The van der Waals surface area contributed by atoms with Crippen LogP contribution in [0.2, 0.25) is 0 Å². The number of halogens is 3. The van der Waals surface area contributed by atoms with E-state index in [4.69, 9.17) is 5.84 Å². The van der Waals surface area contributed by atoms with Crippen molar-refractivity contribution in [3.63, 3.8) is 0 Å². The van der Waals surface area contributed by atoms with Crippen LogP contribution in [0, 0.1) is 0 Å². The first-order valence-electron chi connectivity index (χ1n) is 5.98. The quantitative estimate of drug-likeness (QED) is 0.513. The van der Waals surface area contributed by atoms with Crippen molar-refractivity contribution in [2.75, 3.05) is 5.43 Å². The normalized spacial score (nSPS) is 11.5. The number of anilines is 1. The minimum absolute atomic E-state index is 0.409. The van der Waals surface area contributed by atoms with Crippen LogP contribution in [0.3, 0.4) is 0 Å². The second-order valence-electron chi connectivity index (χ2n) is 3.99. The highest BCUT2D eigenvalue weighted by molar-refractivity contribution is 7.99. The summed E-state index contributed by atoms with van der Waals surface area (Å²) in [5, 5.41) is 0.966. The predicted molar refractivity (Wildman–Crippen MR) is 72.6 cm³/mol. The molecular weight excluding hydrogens is 303 g/mol. The monoisotopic (exact) mass is 315 g/mol. The average molecular weight is 315 g/mol. The van der Waals surface area contributed by atoms with Crippen LogP contribution in [0.1, 0.15) is 18.3 Å². The molecule has 0 atom stereocenters. The molecule has 0 aliphatic rings. The lowest BCUT2D eigenvalue weighted by atomic mass is 10.3. The van der Waals surface area contributed by atoms with Gasteiger partial charge >= 0.3 is 6.18 Å². The number of hydrogen-bond acceptors (Lipinski definition) is 6. The molecule has 0 radical (unpaired) electrons. The SMILES string of the molecule is CCc1nc(NN)cc(Sc2ccc(C(F)(F)F)cn2)n1. The molecule has 112 valence electrons. The van der Waals surface area contributed by atoms with Crippen molar-refractivity contribution in [3.05, 3.63) is 35.8 Å². The van der Waals surface area contributed by atoms with Crippen molar-refractivity contribution >= 4 is 17.6 Å². The van der Waals surface area contributed by atoms with Gasteiger partial charge in [-0.1, -0.05) is 6.92 Å². The fraction of sp³-hybridized carbons (Fsp3) is 0.250. The molecule has 0 aromatic carbocycles. The van der Waals surface area contributed by atoms with Crippen LogP contribution in [0.15, 0.2) is 34.4 Å². The number of rotatable bonds is 4. The van der Waals surface area contributed by atoms with Gasteiger partial charge in [0.25, 0.3) is 0 Å². The molecular formula is C12H12F3N5S. The Hall–Kier alpha value is -1.87. The molecule has 9 heteroatoms. The summed E-state index contributed by atoms with van der Waals surface area (Å²) in [6.07, 6.45) is -2.98. The van der Waals surface area contributed by atoms with Gasteiger partial charge < -0.3 is 5.43 Å². The number of hydrazine groups is 1. The number of alkyl halides is 3. The molecule has 0 aliphatic carbocycles. The van der Waals surface area contributed by atoms with Gasteiger partial charge in [-0.05, 0) is 23.9 Å². The van der Waals surface area contributed by atoms with Crippen LogP contribution < -0.4 is 11.3 Å². The van der Waals surface area contributed by atoms with E-state index in [1.54, 1.807) is 6.07 Å². The predicted octanol–water partition coefficient (Wildman–Crippen LogP) is 2.89. The third kappa shape index (κ3) is 4.05. The summed E-state index contributed by atoms with van der Waals surface area (Å²) in [5.41, 5.74) is 1.64. The summed E-state index contributed by atoms with van der Waals surface area (Å²) in [7, 11) is 0. The molecule has 0 aliphatic heterocycles. The average Bonchev–Trinajstić information content (AvgIpc) is 2.46. The van der Waals surface area contributed by atoms with E-state index in [0.29, 0.717) is 28.1 Å². The van der Waals surface area contributed by atoms with Gasteiger partial charge in [-0.15, -0.1) is 0 Å². The third-order valence-electron chi connectivity index (χ3n) is 2.49. The Kier molecular flexibility index (Phi) is 4.63. The molecule has 0 saturated carbocycles. The maximum absolute atomic E-state index is 12.5. The maximum atomic E-state index is 12.5. The molecule has 2 heterocycles. The number of nitrogens with one attached hydrogen (secondary N) is 1. The third-order valence-corrected chi connectivity index (χ3v) is 3.35. The molecule has 0 amide bonds. The number of pyridine rings is 1. The van der Waals surface area contributed by atoms with Gasteiger partial charge in [0.1, 0.15) is 21.7 Å². The zero-order valence-corrected chi connectivity index (χ0v) is 11.8.